The van der Waals surface area contributed by atoms with Crippen molar-refractivity contribution in [2.24, 2.45) is 5.92 Å². The lowest BCUT2D eigenvalue weighted by Crippen LogP contribution is -2.41. The molecule has 0 heterocycles. The predicted octanol–water partition coefficient (Wildman–Crippen LogP) is 1.84. The number of halogens is 2. The van der Waals surface area contributed by atoms with Crippen LogP contribution in [0.3, 0.4) is 0 Å². The van der Waals surface area contributed by atoms with Gasteiger partial charge in [-0.15, -0.1) is 0 Å². The number of aliphatic carboxylic acids is 1. The van der Waals surface area contributed by atoms with Crippen molar-refractivity contribution in [3.05, 3.63) is 24.1 Å². The Balaban J connectivity index is 3.10. The van der Waals surface area contributed by atoms with Crippen molar-refractivity contribution in [1.82, 2.24) is 0 Å². The molecule has 0 radical (unpaired) electrons. The zero-order valence-electron chi connectivity index (χ0n) is 6.42. The van der Waals surface area contributed by atoms with Gasteiger partial charge in [0.2, 0.25) is 0 Å². The quantitative estimate of drug-likeness (QED) is 0.658. The van der Waals surface area contributed by atoms with E-state index in [4.69, 9.17) is 5.11 Å². The van der Waals surface area contributed by atoms with Crippen LogP contribution in [0.4, 0.5) is 8.78 Å². The molecular formula is C8H8F2O2. The number of rotatable bonds is 1. The molecule has 1 rings (SSSR count). The second-order valence-corrected chi connectivity index (χ2v) is 2.71. The summed E-state index contributed by atoms with van der Waals surface area (Å²) >= 11 is 0. The molecular weight excluding hydrogens is 166 g/mol. The third-order valence-electron chi connectivity index (χ3n) is 1.93. The Morgan fingerprint density at radius 1 is 1.75 bits per heavy atom. The van der Waals surface area contributed by atoms with Crippen LogP contribution in [0, 0.1) is 5.92 Å². The molecule has 2 atom stereocenters. The first-order valence-corrected chi connectivity index (χ1v) is 3.46. The van der Waals surface area contributed by atoms with Crippen LogP contribution in [0.25, 0.3) is 0 Å². The van der Waals surface area contributed by atoms with Crippen molar-refractivity contribution in [3.63, 3.8) is 0 Å². The molecule has 0 saturated heterocycles. The molecule has 0 amide bonds. The number of hydrogen-bond acceptors (Lipinski definition) is 1. The number of hydrogen-bond donors (Lipinski definition) is 1. The minimum Gasteiger partial charge on any atom is -0.479 e. The third kappa shape index (κ3) is 1.03. The average molecular weight is 174 g/mol. The van der Waals surface area contributed by atoms with Gasteiger partial charge in [-0.05, 0) is 6.08 Å². The first kappa shape index (κ1) is 8.90. The molecule has 66 valence electrons. The van der Waals surface area contributed by atoms with E-state index in [1.54, 1.807) is 0 Å². The van der Waals surface area contributed by atoms with Gasteiger partial charge in [-0.25, -0.2) is 13.6 Å². The Bertz CT molecular complexity index is 270. The minimum atomic E-state index is -2.88. The van der Waals surface area contributed by atoms with Crippen LogP contribution < -0.4 is 0 Å². The van der Waals surface area contributed by atoms with Gasteiger partial charge in [0.25, 0.3) is 5.67 Å². The Labute approximate surface area is 68.2 Å². The molecule has 0 fully saturated rings. The largest absolute Gasteiger partial charge is 0.479 e. The van der Waals surface area contributed by atoms with E-state index in [9.17, 15) is 13.6 Å². The number of carboxylic acid groups (broad SMARTS) is 1. The van der Waals surface area contributed by atoms with E-state index in [1.807, 2.05) is 0 Å². The fourth-order valence-corrected chi connectivity index (χ4v) is 1.07. The van der Waals surface area contributed by atoms with Gasteiger partial charge >= 0.3 is 5.97 Å². The third-order valence-corrected chi connectivity index (χ3v) is 1.93. The molecule has 1 aliphatic carbocycles. The fraction of sp³-hybridized carbons (Fsp3) is 0.375. The van der Waals surface area contributed by atoms with E-state index < -0.39 is 23.4 Å². The zero-order valence-corrected chi connectivity index (χ0v) is 6.42. The van der Waals surface area contributed by atoms with Crippen LogP contribution in [0.1, 0.15) is 6.92 Å². The summed E-state index contributed by atoms with van der Waals surface area (Å²) in [5.74, 6) is -4.00. The van der Waals surface area contributed by atoms with Crippen molar-refractivity contribution in [1.29, 1.82) is 0 Å². The number of alkyl halides is 1. The molecule has 4 heteroatoms. The number of allylic oxidation sites excluding steroid dienone is 3. The number of carboxylic acids is 1. The monoisotopic (exact) mass is 174 g/mol. The van der Waals surface area contributed by atoms with Gasteiger partial charge in [0.15, 0.2) is 0 Å². The molecule has 12 heavy (non-hydrogen) atoms. The first-order valence-electron chi connectivity index (χ1n) is 3.46. The second-order valence-electron chi connectivity index (χ2n) is 2.71. The van der Waals surface area contributed by atoms with Crippen molar-refractivity contribution in [2.75, 3.05) is 0 Å². The highest BCUT2D eigenvalue weighted by Gasteiger charge is 2.48. The summed E-state index contributed by atoms with van der Waals surface area (Å²) in [6, 6.07) is 0. The topological polar surface area (TPSA) is 37.3 Å². The van der Waals surface area contributed by atoms with Crippen LogP contribution in [0.15, 0.2) is 24.1 Å². The van der Waals surface area contributed by atoms with E-state index in [2.05, 4.69) is 0 Å². The van der Waals surface area contributed by atoms with Crippen LogP contribution in [-0.2, 0) is 4.79 Å². The molecule has 0 aromatic heterocycles. The lowest BCUT2D eigenvalue weighted by Gasteiger charge is -2.25. The van der Waals surface area contributed by atoms with E-state index in [0.717, 1.165) is 6.08 Å². The highest BCUT2D eigenvalue weighted by atomic mass is 19.2. The molecule has 0 saturated carbocycles. The van der Waals surface area contributed by atoms with Gasteiger partial charge in [0.05, 0.1) is 0 Å². The Hall–Kier alpha value is -1.19. The summed E-state index contributed by atoms with van der Waals surface area (Å²) in [6.45, 7) is 1.32. The van der Waals surface area contributed by atoms with Crippen molar-refractivity contribution in [2.45, 2.75) is 12.6 Å². The summed E-state index contributed by atoms with van der Waals surface area (Å²) < 4.78 is 26.2. The van der Waals surface area contributed by atoms with E-state index in [-0.39, 0.29) is 0 Å². The predicted molar refractivity (Wildman–Crippen MR) is 39.0 cm³/mol. The molecule has 2 nitrogen and oxygen atoms in total. The Morgan fingerprint density at radius 3 is 2.67 bits per heavy atom. The van der Waals surface area contributed by atoms with Gasteiger partial charge in [-0.1, -0.05) is 19.1 Å². The van der Waals surface area contributed by atoms with Crippen LogP contribution in [-0.4, -0.2) is 16.7 Å². The van der Waals surface area contributed by atoms with Crippen LogP contribution in [0.2, 0.25) is 0 Å². The highest BCUT2D eigenvalue weighted by molar-refractivity contribution is 5.82. The molecule has 0 aromatic rings. The minimum absolute atomic E-state index is 0.828. The van der Waals surface area contributed by atoms with Gasteiger partial charge in [0, 0.05) is 5.92 Å². The molecule has 0 bridgehead atoms. The number of carbonyl (C=O) groups is 1. The molecule has 0 spiro atoms. The maximum absolute atomic E-state index is 13.4. The molecule has 0 aromatic carbocycles. The maximum Gasteiger partial charge on any atom is 0.349 e. The maximum atomic E-state index is 13.4. The smallest absolute Gasteiger partial charge is 0.349 e. The average Bonchev–Trinajstić information content (AvgIpc) is 1.99. The van der Waals surface area contributed by atoms with Crippen LogP contribution in [0.5, 0.6) is 0 Å². The van der Waals surface area contributed by atoms with Crippen molar-refractivity contribution in [3.8, 4) is 0 Å². The molecule has 2 unspecified atom stereocenters. The second kappa shape index (κ2) is 2.69. The Kier molecular flexibility index (Phi) is 2.00. The zero-order chi connectivity index (χ0) is 9.35. The molecule has 1 N–H and O–H groups in total. The van der Waals surface area contributed by atoms with E-state index >= 15 is 0 Å². The first-order chi connectivity index (χ1) is 5.49. The fourth-order valence-electron chi connectivity index (χ4n) is 1.07. The van der Waals surface area contributed by atoms with Gasteiger partial charge in [-0.2, -0.15) is 0 Å². The van der Waals surface area contributed by atoms with Gasteiger partial charge < -0.3 is 5.11 Å². The van der Waals surface area contributed by atoms with E-state index in [0.29, 0.717) is 0 Å². The van der Waals surface area contributed by atoms with Crippen molar-refractivity contribution < 1.29 is 18.7 Å². The normalized spacial score (nSPS) is 34.6. The SMILES string of the molecule is CC1C=CC=C(F)C1(F)C(=O)O. The summed E-state index contributed by atoms with van der Waals surface area (Å²) in [5, 5.41) is 8.45. The summed E-state index contributed by atoms with van der Waals surface area (Å²) in [5.41, 5.74) is -2.88. The van der Waals surface area contributed by atoms with Gasteiger partial charge in [0.1, 0.15) is 5.83 Å². The lowest BCUT2D eigenvalue weighted by atomic mass is 9.86. The summed E-state index contributed by atoms with van der Waals surface area (Å²) in [4.78, 5) is 10.4. The van der Waals surface area contributed by atoms with Gasteiger partial charge in [-0.3, -0.25) is 0 Å². The van der Waals surface area contributed by atoms with Crippen molar-refractivity contribution >= 4 is 5.97 Å². The lowest BCUT2D eigenvalue weighted by molar-refractivity contribution is -0.151. The molecule has 1 aliphatic rings. The summed E-state index contributed by atoms with van der Waals surface area (Å²) in [7, 11) is 0. The molecule has 0 aliphatic heterocycles. The Morgan fingerprint density at radius 2 is 2.33 bits per heavy atom. The summed E-state index contributed by atoms with van der Waals surface area (Å²) in [6.07, 6.45) is 3.45. The highest BCUT2D eigenvalue weighted by Crippen LogP contribution is 2.35. The van der Waals surface area contributed by atoms with Crippen LogP contribution >= 0.6 is 0 Å². The standard InChI is InChI=1S/C8H8F2O2/c1-5-3-2-4-6(9)8(5,10)7(11)12/h2-5H,1H3,(H,11,12). The van der Waals surface area contributed by atoms with E-state index in [1.165, 1.54) is 19.1 Å².